The van der Waals surface area contributed by atoms with Gasteiger partial charge in [0.15, 0.2) is 0 Å². The number of nitrogens with one attached hydrogen (secondary N) is 2. The van der Waals surface area contributed by atoms with Crippen LogP contribution in [0.1, 0.15) is 24.9 Å². The van der Waals surface area contributed by atoms with Crippen LogP contribution in [0.15, 0.2) is 54.6 Å². The Bertz CT molecular complexity index is 862. The van der Waals surface area contributed by atoms with E-state index in [1.54, 1.807) is 0 Å². The second kappa shape index (κ2) is 11.5. The number of benzene rings is 2. The molecule has 2 N–H and O–H groups in total. The maximum Gasteiger partial charge on any atom is 0.309 e. The summed E-state index contributed by atoms with van der Waals surface area (Å²) in [7, 11) is 4.04. The van der Waals surface area contributed by atoms with Crippen molar-refractivity contribution in [3.63, 3.8) is 0 Å². The van der Waals surface area contributed by atoms with Gasteiger partial charge in [-0.2, -0.15) is 0 Å². The molecule has 1 aliphatic rings. The van der Waals surface area contributed by atoms with Gasteiger partial charge in [-0.05, 0) is 36.2 Å². The molecule has 7 heteroatoms. The highest BCUT2D eigenvalue weighted by Crippen LogP contribution is 2.25. The van der Waals surface area contributed by atoms with Gasteiger partial charge >= 0.3 is 11.8 Å². The molecule has 0 bridgehead atoms. The van der Waals surface area contributed by atoms with Crippen LogP contribution < -0.4 is 20.4 Å². The molecule has 0 unspecified atom stereocenters. The summed E-state index contributed by atoms with van der Waals surface area (Å²) in [5.41, 5.74) is 3.50. The minimum Gasteiger partial charge on any atom is -0.378 e. The molecule has 172 valence electrons. The Morgan fingerprint density at radius 1 is 0.906 bits per heavy atom. The van der Waals surface area contributed by atoms with Crippen molar-refractivity contribution < 1.29 is 9.59 Å². The van der Waals surface area contributed by atoms with E-state index >= 15 is 0 Å². The van der Waals surface area contributed by atoms with E-state index in [4.69, 9.17) is 0 Å². The van der Waals surface area contributed by atoms with Crippen molar-refractivity contribution in [2.45, 2.75) is 19.4 Å². The van der Waals surface area contributed by atoms with Gasteiger partial charge in [-0.1, -0.05) is 37.3 Å². The fraction of sp³-hybridized carbons (Fsp3) is 0.440. The van der Waals surface area contributed by atoms with Gasteiger partial charge in [-0.25, -0.2) is 0 Å². The molecule has 7 nitrogen and oxygen atoms in total. The van der Waals surface area contributed by atoms with Crippen molar-refractivity contribution in [2.24, 2.45) is 0 Å². The summed E-state index contributed by atoms with van der Waals surface area (Å²) >= 11 is 0. The van der Waals surface area contributed by atoms with Gasteiger partial charge in [0.2, 0.25) is 0 Å². The maximum absolute atomic E-state index is 12.3. The molecule has 1 aliphatic heterocycles. The van der Waals surface area contributed by atoms with E-state index in [0.29, 0.717) is 13.1 Å². The van der Waals surface area contributed by atoms with E-state index in [9.17, 15) is 9.59 Å². The number of piperazine rings is 1. The average Bonchev–Trinajstić information content (AvgIpc) is 2.83. The second-order valence-corrected chi connectivity index (χ2v) is 8.33. The van der Waals surface area contributed by atoms with Crippen molar-refractivity contribution in [3.05, 3.63) is 60.2 Å². The third-order valence-electron chi connectivity index (χ3n) is 5.87. The summed E-state index contributed by atoms with van der Waals surface area (Å²) in [4.78, 5) is 31.1. The van der Waals surface area contributed by atoms with E-state index in [-0.39, 0.29) is 6.04 Å². The van der Waals surface area contributed by atoms with Crippen LogP contribution in [0.3, 0.4) is 0 Å². The maximum atomic E-state index is 12.3. The van der Waals surface area contributed by atoms with Gasteiger partial charge < -0.3 is 20.4 Å². The van der Waals surface area contributed by atoms with Gasteiger partial charge in [-0.3, -0.25) is 14.5 Å². The molecule has 2 amide bonds. The molecule has 0 saturated carbocycles. The standard InChI is InChI=1S/C25H35N5O2/c1-4-14-26-24(31)25(32)27-19-23(20-10-12-21(13-11-20)28(2)3)30-17-15-29(16-18-30)22-8-6-5-7-9-22/h5-13,23H,4,14-19H2,1-3H3,(H,26,31)(H,27,32)/t23-/m0/s1. The van der Waals surface area contributed by atoms with Crippen molar-refractivity contribution in [2.75, 3.05) is 63.2 Å². The molecular weight excluding hydrogens is 402 g/mol. The molecule has 2 aromatic carbocycles. The number of anilines is 2. The third kappa shape index (κ3) is 6.23. The Kier molecular flexibility index (Phi) is 8.50. The quantitative estimate of drug-likeness (QED) is 0.620. The normalized spacial score (nSPS) is 15.2. The first kappa shape index (κ1) is 23.6. The molecule has 0 spiro atoms. The van der Waals surface area contributed by atoms with E-state index in [0.717, 1.165) is 43.9 Å². The van der Waals surface area contributed by atoms with Crippen molar-refractivity contribution in [1.29, 1.82) is 0 Å². The predicted octanol–water partition coefficient (Wildman–Crippen LogP) is 2.26. The molecule has 2 aromatic rings. The summed E-state index contributed by atoms with van der Waals surface area (Å²) < 4.78 is 0. The molecule has 1 fully saturated rings. The number of carbonyl (C=O) groups excluding carboxylic acids is 2. The van der Waals surface area contributed by atoms with Gasteiger partial charge in [-0.15, -0.1) is 0 Å². The second-order valence-electron chi connectivity index (χ2n) is 8.33. The Morgan fingerprint density at radius 2 is 1.53 bits per heavy atom. The van der Waals surface area contributed by atoms with Crippen molar-refractivity contribution in [3.8, 4) is 0 Å². The summed E-state index contributed by atoms with van der Waals surface area (Å²) in [5, 5.41) is 5.49. The lowest BCUT2D eigenvalue weighted by atomic mass is 10.0. The Hall–Kier alpha value is -3.06. The zero-order chi connectivity index (χ0) is 22.9. The SMILES string of the molecule is CCCNC(=O)C(=O)NC[C@@H](c1ccc(N(C)C)cc1)N1CCN(c2ccccc2)CC1. The van der Waals surface area contributed by atoms with Gasteiger partial charge in [0, 0.05) is 64.7 Å². The first-order valence-electron chi connectivity index (χ1n) is 11.4. The number of hydrogen-bond acceptors (Lipinski definition) is 5. The molecule has 1 atom stereocenters. The number of carbonyl (C=O) groups is 2. The lowest BCUT2D eigenvalue weighted by Crippen LogP contribution is -2.50. The minimum atomic E-state index is -0.573. The predicted molar refractivity (Wildman–Crippen MR) is 130 cm³/mol. The summed E-state index contributed by atoms with van der Waals surface area (Å²) in [5.74, 6) is -1.14. The fourth-order valence-corrected chi connectivity index (χ4v) is 3.97. The summed E-state index contributed by atoms with van der Waals surface area (Å²) in [6, 6.07) is 18.9. The smallest absolute Gasteiger partial charge is 0.309 e. The minimum absolute atomic E-state index is 0.00654. The largest absolute Gasteiger partial charge is 0.378 e. The van der Waals surface area contributed by atoms with E-state index < -0.39 is 11.8 Å². The summed E-state index contributed by atoms with van der Waals surface area (Å²) in [6.07, 6.45) is 0.797. The van der Waals surface area contributed by atoms with E-state index in [2.05, 4.69) is 73.9 Å². The molecule has 3 rings (SSSR count). The first-order valence-corrected chi connectivity index (χ1v) is 11.4. The highest BCUT2D eigenvalue weighted by Gasteiger charge is 2.26. The average molecular weight is 438 g/mol. The van der Waals surface area contributed by atoms with Crippen LogP contribution in [0.25, 0.3) is 0 Å². The Morgan fingerprint density at radius 3 is 2.12 bits per heavy atom. The topological polar surface area (TPSA) is 67.9 Å². The Labute approximate surface area is 191 Å². The number of hydrogen-bond donors (Lipinski definition) is 2. The first-order chi connectivity index (χ1) is 15.5. The molecule has 0 aliphatic carbocycles. The highest BCUT2D eigenvalue weighted by molar-refractivity contribution is 6.35. The van der Waals surface area contributed by atoms with Crippen LogP contribution >= 0.6 is 0 Å². The molecular formula is C25H35N5O2. The fourth-order valence-electron chi connectivity index (χ4n) is 3.97. The molecule has 0 aromatic heterocycles. The van der Waals surface area contributed by atoms with E-state index in [1.165, 1.54) is 5.69 Å². The number of nitrogens with zero attached hydrogens (tertiary/aromatic N) is 3. The molecule has 0 radical (unpaired) electrons. The van der Waals surface area contributed by atoms with Crippen LogP contribution in [0.4, 0.5) is 11.4 Å². The van der Waals surface area contributed by atoms with Gasteiger partial charge in [0.25, 0.3) is 0 Å². The number of amides is 2. The van der Waals surface area contributed by atoms with E-state index in [1.807, 2.05) is 27.1 Å². The Balaban J connectivity index is 1.69. The van der Waals surface area contributed by atoms with Gasteiger partial charge in [0.1, 0.15) is 0 Å². The molecule has 32 heavy (non-hydrogen) atoms. The molecule has 1 heterocycles. The van der Waals surface area contributed by atoms with Crippen molar-refractivity contribution >= 4 is 23.2 Å². The number of para-hydroxylation sites is 1. The highest BCUT2D eigenvalue weighted by atomic mass is 16.2. The van der Waals surface area contributed by atoms with Crippen LogP contribution in [-0.2, 0) is 9.59 Å². The third-order valence-corrected chi connectivity index (χ3v) is 5.87. The van der Waals surface area contributed by atoms with Gasteiger partial charge in [0.05, 0.1) is 6.04 Å². The lowest BCUT2D eigenvalue weighted by molar-refractivity contribution is -0.139. The molecule has 1 saturated heterocycles. The van der Waals surface area contributed by atoms with Crippen LogP contribution in [0.2, 0.25) is 0 Å². The monoisotopic (exact) mass is 437 g/mol. The summed E-state index contributed by atoms with van der Waals surface area (Å²) in [6.45, 7) is 6.46. The lowest BCUT2D eigenvalue weighted by Gasteiger charge is -2.40. The van der Waals surface area contributed by atoms with Crippen LogP contribution in [0.5, 0.6) is 0 Å². The zero-order valence-electron chi connectivity index (χ0n) is 19.4. The van der Waals surface area contributed by atoms with Crippen LogP contribution in [0, 0.1) is 0 Å². The zero-order valence-corrected chi connectivity index (χ0v) is 19.4. The van der Waals surface area contributed by atoms with Crippen LogP contribution in [-0.4, -0.2) is 70.1 Å². The number of rotatable bonds is 8. The van der Waals surface area contributed by atoms with Crippen molar-refractivity contribution in [1.82, 2.24) is 15.5 Å².